The molecule has 0 fully saturated rings. The molecule has 0 aliphatic heterocycles. The summed E-state index contributed by atoms with van der Waals surface area (Å²) in [5.74, 6) is 0. The van der Waals surface area contributed by atoms with Gasteiger partial charge >= 0.3 is 0 Å². The molecule has 0 spiro atoms. The number of benzene rings is 1. The molecule has 0 radical (unpaired) electrons. The molecule has 2 N–H and O–H groups in total. The Hall–Kier alpha value is -0.610. The van der Waals surface area contributed by atoms with Crippen molar-refractivity contribution in [2.24, 2.45) is 0 Å². The van der Waals surface area contributed by atoms with Gasteiger partial charge in [0.2, 0.25) is 0 Å². The second-order valence-corrected chi connectivity index (χ2v) is 4.15. The van der Waals surface area contributed by atoms with Gasteiger partial charge in [0.15, 0.2) is 0 Å². The lowest BCUT2D eigenvalue weighted by Crippen LogP contribution is -2.38. The Morgan fingerprint density at radius 1 is 1.44 bits per heavy atom. The van der Waals surface area contributed by atoms with Gasteiger partial charge in [0, 0.05) is 18.2 Å². The zero-order chi connectivity index (χ0) is 12.0. The van der Waals surface area contributed by atoms with Crippen molar-refractivity contribution in [3.63, 3.8) is 0 Å². The first-order valence-corrected chi connectivity index (χ1v) is 5.67. The first kappa shape index (κ1) is 13.5. The summed E-state index contributed by atoms with van der Waals surface area (Å²) in [6, 6.07) is 7.69. The van der Waals surface area contributed by atoms with E-state index in [4.69, 9.17) is 21.4 Å². The van der Waals surface area contributed by atoms with Crippen LogP contribution in [0, 0.1) is 0 Å². The van der Waals surface area contributed by atoms with E-state index in [1.54, 1.807) is 7.11 Å². The minimum atomic E-state index is -0.0729. The Labute approximate surface area is 101 Å². The SMILES string of the molecule is COCC(CO)NC(C)c1ccccc1Cl. The van der Waals surface area contributed by atoms with Crippen LogP contribution in [-0.2, 0) is 4.74 Å². The number of methoxy groups -OCH3 is 1. The quantitative estimate of drug-likeness (QED) is 0.803. The van der Waals surface area contributed by atoms with Gasteiger partial charge in [-0.25, -0.2) is 0 Å². The molecule has 0 heterocycles. The fourth-order valence-electron chi connectivity index (χ4n) is 1.62. The molecule has 0 aliphatic carbocycles. The lowest BCUT2D eigenvalue weighted by molar-refractivity contribution is 0.123. The smallest absolute Gasteiger partial charge is 0.0638 e. The molecular weight excluding hydrogens is 226 g/mol. The molecule has 0 amide bonds. The fourth-order valence-corrected chi connectivity index (χ4v) is 1.92. The summed E-state index contributed by atoms with van der Waals surface area (Å²) in [5.41, 5.74) is 1.03. The minimum absolute atomic E-state index is 0.0443. The number of aliphatic hydroxyl groups is 1. The standard InChI is InChI=1S/C12H18ClNO2/c1-9(14-10(7-15)8-16-2)11-5-3-4-6-12(11)13/h3-6,9-10,14-15H,7-8H2,1-2H3. The summed E-state index contributed by atoms with van der Waals surface area (Å²) in [5, 5.41) is 13.1. The highest BCUT2D eigenvalue weighted by Gasteiger charge is 2.14. The molecule has 0 aromatic heterocycles. The first-order chi connectivity index (χ1) is 7.69. The number of nitrogens with one attached hydrogen (secondary N) is 1. The molecule has 0 bridgehead atoms. The van der Waals surface area contributed by atoms with E-state index in [-0.39, 0.29) is 18.7 Å². The van der Waals surface area contributed by atoms with Crippen LogP contribution in [0.4, 0.5) is 0 Å². The molecule has 1 aromatic rings. The van der Waals surface area contributed by atoms with Gasteiger partial charge in [-0.15, -0.1) is 0 Å². The largest absolute Gasteiger partial charge is 0.395 e. The Morgan fingerprint density at radius 3 is 2.69 bits per heavy atom. The van der Waals surface area contributed by atoms with Crippen molar-refractivity contribution in [2.45, 2.75) is 19.0 Å². The number of halogens is 1. The summed E-state index contributed by atoms with van der Waals surface area (Å²) < 4.78 is 5.01. The topological polar surface area (TPSA) is 41.5 Å². The Balaban J connectivity index is 2.64. The van der Waals surface area contributed by atoms with Crippen molar-refractivity contribution in [3.05, 3.63) is 34.9 Å². The summed E-state index contributed by atoms with van der Waals surface area (Å²) in [6.45, 7) is 2.54. The monoisotopic (exact) mass is 243 g/mol. The third-order valence-corrected chi connectivity index (χ3v) is 2.79. The molecule has 0 saturated heterocycles. The maximum Gasteiger partial charge on any atom is 0.0638 e. The van der Waals surface area contributed by atoms with Crippen molar-refractivity contribution in [1.82, 2.24) is 5.32 Å². The number of aliphatic hydroxyl groups excluding tert-OH is 1. The highest BCUT2D eigenvalue weighted by Crippen LogP contribution is 2.22. The van der Waals surface area contributed by atoms with Crippen LogP contribution in [-0.4, -0.2) is 31.5 Å². The van der Waals surface area contributed by atoms with E-state index in [0.717, 1.165) is 10.6 Å². The molecule has 3 nitrogen and oxygen atoms in total. The summed E-state index contributed by atoms with van der Waals surface area (Å²) in [4.78, 5) is 0. The van der Waals surface area contributed by atoms with Crippen LogP contribution in [0.1, 0.15) is 18.5 Å². The van der Waals surface area contributed by atoms with Gasteiger partial charge in [-0.1, -0.05) is 29.8 Å². The van der Waals surface area contributed by atoms with Crippen LogP contribution >= 0.6 is 11.6 Å². The van der Waals surface area contributed by atoms with Crippen molar-refractivity contribution < 1.29 is 9.84 Å². The first-order valence-electron chi connectivity index (χ1n) is 5.29. The minimum Gasteiger partial charge on any atom is -0.395 e. The Bertz CT molecular complexity index is 320. The van der Waals surface area contributed by atoms with Gasteiger partial charge in [-0.05, 0) is 18.6 Å². The second kappa shape index (κ2) is 6.86. The predicted octanol–water partition coefficient (Wildman–Crippen LogP) is 2.00. The van der Waals surface area contributed by atoms with Crippen LogP contribution in [0.5, 0.6) is 0 Å². The van der Waals surface area contributed by atoms with Gasteiger partial charge < -0.3 is 15.2 Å². The van der Waals surface area contributed by atoms with Crippen LogP contribution < -0.4 is 5.32 Å². The molecule has 0 aliphatic rings. The zero-order valence-electron chi connectivity index (χ0n) is 9.61. The zero-order valence-corrected chi connectivity index (χ0v) is 10.4. The number of ether oxygens (including phenoxy) is 1. The van der Waals surface area contributed by atoms with Crippen molar-refractivity contribution in [3.8, 4) is 0 Å². The average molecular weight is 244 g/mol. The number of hydrogen-bond acceptors (Lipinski definition) is 3. The third kappa shape index (κ3) is 3.76. The molecule has 1 rings (SSSR count). The molecule has 0 saturated carbocycles. The molecule has 16 heavy (non-hydrogen) atoms. The maximum atomic E-state index is 9.15. The number of hydrogen-bond donors (Lipinski definition) is 2. The van der Waals surface area contributed by atoms with E-state index >= 15 is 0 Å². The number of rotatable bonds is 6. The molecule has 4 heteroatoms. The van der Waals surface area contributed by atoms with Crippen molar-refractivity contribution in [2.75, 3.05) is 20.3 Å². The van der Waals surface area contributed by atoms with Crippen molar-refractivity contribution in [1.29, 1.82) is 0 Å². The highest BCUT2D eigenvalue weighted by molar-refractivity contribution is 6.31. The van der Waals surface area contributed by atoms with E-state index in [0.29, 0.717) is 6.61 Å². The second-order valence-electron chi connectivity index (χ2n) is 3.74. The average Bonchev–Trinajstić information content (AvgIpc) is 2.28. The maximum absolute atomic E-state index is 9.15. The summed E-state index contributed by atoms with van der Waals surface area (Å²) >= 11 is 6.09. The van der Waals surface area contributed by atoms with Crippen LogP contribution in [0.15, 0.2) is 24.3 Å². The fraction of sp³-hybridized carbons (Fsp3) is 0.500. The highest BCUT2D eigenvalue weighted by atomic mass is 35.5. The third-order valence-electron chi connectivity index (χ3n) is 2.45. The van der Waals surface area contributed by atoms with E-state index in [2.05, 4.69) is 5.32 Å². The van der Waals surface area contributed by atoms with Gasteiger partial charge in [0.05, 0.1) is 19.3 Å². The molecular formula is C12H18ClNO2. The van der Waals surface area contributed by atoms with E-state index in [1.165, 1.54) is 0 Å². The van der Waals surface area contributed by atoms with Gasteiger partial charge in [-0.3, -0.25) is 0 Å². The molecule has 2 atom stereocenters. The van der Waals surface area contributed by atoms with Crippen molar-refractivity contribution >= 4 is 11.6 Å². The predicted molar refractivity (Wildman–Crippen MR) is 65.8 cm³/mol. The summed E-state index contributed by atoms with van der Waals surface area (Å²) in [7, 11) is 1.62. The van der Waals surface area contributed by atoms with Gasteiger partial charge in [-0.2, -0.15) is 0 Å². The van der Waals surface area contributed by atoms with E-state index in [1.807, 2.05) is 31.2 Å². The van der Waals surface area contributed by atoms with Gasteiger partial charge in [0.1, 0.15) is 0 Å². The Morgan fingerprint density at radius 2 is 2.12 bits per heavy atom. The normalized spacial score (nSPS) is 14.8. The van der Waals surface area contributed by atoms with E-state index < -0.39 is 0 Å². The lowest BCUT2D eigenvalue weighted by atomic mass is 10.1. The van der Waals surface area contributed by atoms with E-state index in [9.17, 15) is 0 Å². The van der Waals surface area contributed by atoms with Gasteiger partial charge in [0.25, 0.3) is 0 Å². The molecule has 1 aromatic carbocycles. The lowest BCUT2D eigenvalue weighted by Gasteiger charge is -2.22. The van der Waals surface area contributed by atoms with Crippen LogP contribution in [0.2, 0.25) is 5.02 Å². The summed E-state index contributed by atoms with van der Waals surface area (Å²) in [6.07, 6.45) is 0. The molecule has 2 unspecified atom stereocenters. The Kier molecular flexibility index (Phi) is 5.77. The molecule has 90 valence electrons. The van der Waals surface area contributed by atoms with Crippen LogP contribution in [0.3, 0.4) is 0 Å². The van der Waals surface area contributed by atoms with Crippen LogP contribution in [0.25, 0.3) is 0 Å².